The van der Waals surface area contributed by atoms with Crippen LogP contribution in [0.1, 0.15) is 36.8 Å². The predicted octanol–water partition coefficient (Wildman–Crippen LogP) is 3.00. The molecule has 0 saturated carbocycles. The van der Waals surface area contributed by atoms with Gasteiger partial charge in [-0.1, -0.05) is 6.07 Å². The van der Waals surface area contributed by atoms with E-state index in [1.807, 2.05) is 0 Å². The first kappa shape index (κ1) is 11.1. The molecule has 2 saturated heterocycles. The number of benzene rings is 1. The lowest BCUT2D eigenvalue weighted by Crippen LogP contribution is -2.43. The summed E-state index contributed by atoms with van der Waals surface area (Å²) >= 11 is 0. The second kappa shape index (κ2) is 4.34. The first-order valence-electron chi connectivity index (χ1n) is 6.80. The highest BCUT2D eigenvalue weighted by Gasteiger charge is 2.33. The Hall–Kier alpha value is -1.02. The van der Waals surface area contributed by atoms with Crippen molar-refractivity contribution >= 4 is 5.69 Å². The fraction of sp³-hybridized carbons (Fsp3) is 0.600. The van der Waals surface area contributed by atoms with E-state index in [2.05, 4.69) is 42.7 Å². The second-order valence-electron chi connectivity index (χ2n) is 5.75. The summed E-state index contributed by atoms with van der Waals surface area (Å²) < 4.78 is 0. The van der Waals surface area contributed by atoms with Crippen LogP contribution in [0.5, 0.6) is 0 Å². The van der Waals surface area contributed by atoms with Crippen molar-refractivity contribution in [2.75, 3.05) is 5.32 Å². The minimum absolute atomic E-state index is 0.663. The van der Waals surface area contributed by atoms with Crippen molar-refractivity contribution < 1.29 is 0 Å². The number of rotatable bonds is 2. The number of aryl methyl sites for hydroxylation is 2. The van der Waals surface area contributed by atoms with E-state index in [9.17, 15) is 0 Å². The Bertz CT molecular complexity index is 401. The van der Waals surface area contributed by atoms with Gasteiger partial charge in [-0.2, -0.15) is 0 Å². The molecule has 0 aromatic heterocycles. The molecular formula is C15H22N2. The van der Waals surface area contributed by atoms with Gasteiger partial charge in [0, 0.05) is 23.8 Å². The minimum Gasteiger partial charge on any atom is -0.382 e. The van der Waals surface area contributed by atoms with Gasteiger partial charge in [-0.05, 0) is 62.8 Å². The molecule has 2 aliphatic heterocycles. The Morgan fingerprint density at radius 3 is 2.41 bits per heavy atom. The van der Waals surface area contributed by atoms with Gasteiger partial charge in [0.1, 0.15) is 0 Å². The molecular weight excluding hydrogens is 208 g/mol. The Kier molecular flexibility index (Phi) is 2.83. The Labute approximate surface area is 104 Å². The van der Waals surface area contributed by atoms with Gasteiger partial charge in [-0.3, -0.25) is 0 Å². The summed E-state index contributed by atoms with van der Waals surface area (Å²) in [6.07, 6.45) is 5.30. The van der Waals surface area contributed by atoms with Crippen LogP contribution in [0.4, 0.5) is 5.69 Å². The van der Waals surface area contributed by atoms with Gasteiger partial charge in [0.25, 0.3) is 0 Å². The number of hydrogen-bond donors (Lipinski definition) is 2. The van der Waals surface area contributed by atoms with E-state index < -0.39 is 0 Å². The molecule has 2 heterocycles. The molecule has 2 atom stereocenters. The van der Waals surface area contributed by atoms with E-state index in [0.717, 1.165) is 12.1 Å². The zero-order valence-electron chi connectivity index (χ0n) is 10.8. The minimum atomic E-state index is 0.663. The van der Waals surface area contributed by atoms with Crippen LogP contribution in [0.15, 0.2) is 18.2 Å². The number of fused-ring (bicyclic) bond motifs is 2. The van der Waals surface area contributed by atoms with E-state index in [1.54, 1.807) is 0 Å². The summed E-state index contributed by atoms with van der Waals surface area (Å²) in [5.41, 5.74) is 4.05. The van der Waals surface area contributed by atoms with Crippen LogP contribution < -0.4 is 10.6 Å². The zero-order chi connectivity index (χ0) is 11.8. The molecule has 2 unspecified atom stereocenters. The molecule has 92 valence electrons. The van der Waals surface area contributed by atoms with Crippen LogP contribution in [-0.4, -0.2) is 18.1 Å². The molecule has 0 aliphatic carbocycles. The predicted molar refractivity (Wildman–Crippen MR) is 72.5 cm³/mol. The molecule has 0 spiro atoms. The van der Waals surface area contributed by atoms with Crippen LogP contribution >= 0.6 is 0 Å². The smallest absolute Gasteiger partial charge is 0.0345 e. The first-order valence-corrected chi connectivity index (χ1v) is 6.80. The number of piperidine rings is 1. The lowest BCUT2D eigenvalue weighted by Gasteiger charge is -2.30. The molecule has 1 aromatic carbocycles. The van der Waals surface area contributed by atoms with Crippen molar-refractivity contribution in [3.63, 3.8) is 0 Å². The van der Waals surface area contributed by atoms with Gasteiger partial charge < -0.3 is 10.6 Å². The number of anilines is 1. The monoisotopic (exact) mass is 230 g/mol. The largest absolute Gasteiger partial charge is 0.382 e. The maximum absolute atomic E-state index is 3.71. The van der Waals surface area contributed by atoms with Crippen LogP contribution in [0.2, 0.25) is 0 Å². The fourth-order valence-electron chi connectivity index (χ4n) is 3.24. The molecule has 17 heavy (non-hydrogen) atoms. The maximum Gasteiger partial charge on any atom is 0.0345 e. The quantitative estimate of drug-likeness (QED) is 0.816. The van der Waals surface area contributed by atoms with Crippen LogP contribution in [-0.2, 0) is 0 Å². The highest BCUT2D eigenvalue weighted by molar-refractivity contribution is 5.49. The van der Waals surface area contributed by atoms with E-state index in [1.165, 1.54) is 42.5 Å². The van der Waals surface area contributed by atoms with Crippen LogP contribution in [0, 0.1) is 13.8 Å². The maximum atomic E-state index is 3.71. The molecule has 3 rings (SSSR count). The lowest BCUT2D eigenvalue weighted by molar-refractivity contribution is 0.378. The van der Waals surface area contributed by atoms with Crippen molar-refractivity contribution in [1.29, 1.82) is 0 Å². The van der Waals surface area contributed by atoms with E-state index in [-0.39, 0.29) is 0 Å². The molecule has 2 aliphatic rings. The van der Waals surface area contributed by atoms with Gasteiger partial charge in [-0.25, -0.2) is 0 Å². The molecule has 0 radical (unpaired) electrons. The summed E-state index contributed by atoms with van der Waals surface area (Å²) in [5.74, 6) is 0. The highest BCUT2D eigenvalue weighted by Crippen LogP contribution is 2.29. The molecule has 2 N–H and O–H groups in total. The van der Waals surface area contributed by atoms with Crippen molar-refractivity contribution in [3.05, 3.63) is 29.3 Å². The third-order valence-corrected chi connectivity index (χ3v) is 4.35. The molecule has 0 amide bonds. The van der Waals surface area contributed by atoms with Crippen molar-refractivity contribution in [2.24, 2.45) is 0 Å². The van der Waals surface area contributed by atoms with E-state index in [4.69, 9.17) is 0 Å². The van der Waals surface area contributed by atoms with Gasteiger partial charge in [-0.15, -0.1) is 0 Å². The van der Waals surface area contributed by atoms with Gasteiger partial charge in [0.15, 0.2) is 0 Å². The summed E-state index contributed by atoms with van der Waals surface area (Å²) in [6, 6.07) is 8.89. The van der Waals surface area contributed by atoms with E-state index in [0.29, 0.717) is 6.04 Å². The standard InChI is InChI=1S/C15H22N2/c1-10-3-4-12(7-11(10)2)17-15-8-13-5-6-14(9-15)16-13/h3-4,7,13-17H,5-6,8-9H2,1-2H3. The second-order valence-corrected chi connectivity index (χ2v) is 5.75. The summed E-state index contributed by atoms with van der Waals surface area (Å²) in [7, 11) is 0. The first-order chi connectivity index (χ1) is 8.20. The molecule has 2 fully saturated rings. The molecule has 1 aromatic rings. The van der Waals surface area contributed by atoms with Crippen LogP contribution in [0.3, 0.4) is 0 Å². The lowest BCUT2D eigenvalue weighted by atomic mass is 9.99. The number of hydrogen-bond acceptors (Lipinski definition) is 2. The SMILES string of the molecule is Cc1ccc(NC2CC3CCC(C2)N3)cc1C. The Morgan fingerprint density at radius 2 is 1.76 bits per heavy atom. The summed E-state index contributed by atoms with van der Waals surface area (Å²) in [5, 5.41) is 7.40. The normalized spacial score (nSPS) is 31.5. The Balaban J connectivity index is 1.68. The topological polar surface area (TPSA) is 24.1 Å². The zero-order valence-corrected chi connectivity index (χ0v) is 10.8. The molecule has 2 bridgehead atoms. The summed E-state index contributed by atoms with van der Waals surface area (Å²) in [4.78, 5) is 0. The van der Waals surface area contributed by atoms with Crippen molar-refractivity contribution in [2.45, 2.75) is 57.7 Å². The molecule has 2 nitrogen and oxygen atoms in total. The molecule has 2 heteroatoms. The average Bonchev–Trinajstić information content (AvgIpc) is 2.64. The third-order valence-electron chi connectivity index (χ3n) is 4.35. The van der Waals surface area contributed by atoms with Gasteiger partial charge >= 0.3 is 0 Å². The summed E-state index contributed by atoms with van der Waals surface area (Å²) in [6.45, 7) is 4.36. The van der Waals surface area contributed by atoms with Gasteiger partial charge in [0.05, 0.1) is 0 Å². The average molecular weight is 230 g/mol. The third kappa shape index (κ3) is 2.32. The van der Waals surface area contributed by atoms with Crippen LogP contribution in [0.25, 0.3) is 0 Å². The number of nitrogens with one attached hydrogen (secondary N) is 2. The fourth-order valence-corrected chi connectivity index (χ4v) is 3.24. The highest BCUT2D eigenvalue weighted by atomic mass is 15.0. The Morgan fingerprint density at radius 1 is 1.06 bits per heavy atom. The van der Waals surface area contributed by atoms with Gasteiger partial charge in [0.2, 0.25) is 0 Å². The van der Waals surface area contributed by atoms with Crippen molar-refractivity contribution in [1.82, 2.24) is 5.32 Å². The van der Waals surface area contributed by atoms with Crippen molar-refractivity contribution in [3.8, 4) is 0 Å². The van der Waals surface area contributed by atoms with E-state index >= 15 is 0 Å².